The van der Waals surface area contributed by atoms with Crippen LogP contribution in [0.1, 0.15) is 18.4 Å². The fourth-order valence-electron chi connectivity index (χ4n) is 2.16. The van der Waals surface area contributed by atoms with Gasteiger partial charge in [0.25, 0.3) is 0 Å². The molecule has 88 valence electrons. The number of hydrogen-bond donors (Lipinski definition) is 1. The molecule has 2 unspecified atom stereocenters. The molecule has 2 nitrogen and oxygen atoms in total. The van der Waals surface area contributed by atoms with Crippen LogP contribution >= 0.6 is 27.7 Å². The van der Waals surface area contributed by atoms with Gasteiger partial charge < -0.3 is 5.32 Å². The van der Waals surface area contributed by atoms with Crippen molar-refractivity contribution >= 4 is 27.7 Å². The largest absolute Gasteiger partial charge is 0.316 e. The Hall–Kier alpha value is -0.0600. The second-order valence-corrected chi connectivity index (χ2v) is 6.42. The van der Waals surface area contributed by atoms with Crippen LogP contribution in [0.15, 0.2) is 22.9 Å². The van der Waals surface area contributed by atoms with Gasteiger partial charge in [-0.3, -0.25) is 4.98 Å². The van der Waals surface area contributed by atoms with Crippen LogP contribution in [-0.2, 0) is 6.42 Å². The van der Waals surface area contributed by atoms with Crippen molar-refractivity contribution in [3.8, 4) is 0 Å². The number of halogens is 1. The number of hydrogen-bond acceptors (Lipinski definition) is 3. The number of thioether (sulfide) groups is 1. The Bertz CT molecular complexity index is 340. The van der Waals surface area contributed by atoms with Crippen molar-refractivity contribution in [3.05, 3.63) is 28.5 Å². The fraction of sp³-hybridized carbons (Fsp3) is 0.583. The average Bonchev–Trinajstić information content (AvgIpc) is 2.79. The fourth-order valence-corrected chi connectivity index (χ4v) is 4.01. The molecule has 0 saturated carbocycles. The van der Waals surface area contributed by atoms with Crippen molar-refractivity contribution in [2.45, 2.75) is 30.6 Å². The van der Waals surface area contributed by atoms with E-state index in [4.69, 9.17) is 0 Å². The maximum atomic E-state index is 4.22. The van der Waals surface area contributed by atoms with E-state index >= 15 is 0 Å². The Labute approximate surface area is 110 Å². The van der Waals surface area contributed by atoms with Crippen LogP contribution in [0.4, 0.5) is 0 Å². The summed E-state index contributed by atoms with van der Waals surface area (Å²) in [5.74, 6) is 1.32. The molecule has 1 aromatic heterocycles. The van der Waals surface area contributed by atoms with E-state index in [1.54, 1.807) is 0 Å². The minimum atomic E-state index is 0.573. The van der Waals surface area contributed by atoms with Crippen molar-refractivity contribution in [1.82, 2.24) is 10.3 Å². The summed E-state index contributed by atoms with van der Waals surface area (Å²) >= 11 is 5.57. The van der Waals surface area contributed by atoms with Crippen LogP contribution < -0.4 is 5.32 Å². The molecule has 0 amide bonds. The summed E-state index contributed by atoms with van der Waals surface area (Å²) < 4.78 is 1.07. The van der Waals surface area contributed by atoms with Crippen molar-refractivity contribution < 1.29 is 0 Å². The predicted molar refractivity (Wildman–Crippen MR) is 74.0 cm³/mol. The van der Waals surface area contributed by atoms with E-state index in [0.717, 1.165) is 16.1 Å². The second-order valence-electron chi connectivity index (χ2n) is 4.16. The topological polar surface area (TPSA) is 24.9 Å². The first-order chi connectivity index (χ1) is 7.79. The Morgan fingerprint density at radius 2 is 2.50 bits per heavy atom. The van der Waals surface area contributed by atoms with Gasteiger partial charge in [-0.25, -0.2) is 0 Å². The number of rotatable bonds is 4. The molecule has 0 aromatic carbocycles. The Kier molecular flexibility index (Phi) is 4.67. The van der Waals surface area contributed by atoms with Gasteiger partial charge in [-0.05, 0) is 59.6 Å². The highest BCUT2D eigenvalue weighted by Gasteiger charge is 2.24. The number of nitrogens with one attached hydrogen (secondary N) is 1. The van der Waals surface area contributed by atoms with Gasteiger partial charge in [-0.15, -0.1) is 0 Å². The molecule has 2 rings (SSSR count). The first-order valence-electron chi connectivity index (χ1n) is 5.68. The van der Waals surface area contributed by atoms with Gasteiger partial charge in [0, 0.05) is 28.2 Å². The summed E-state index contributed by atoms with van der Waals surface area (Å²) in [5, 5.41) is 4.22. The number of nitrogens with zero attached hydrogens (tertiary/aromatic N) is 1. The molecular formula is C12H17BrN2S. The molecule has 1 saturated heterocycles. The minimum Gasteiger partial charge on any atom is -0.316 e. The molecule has 1 aliphatic rings. The van der Waals surface area contributed by atoms with Crippen LogP contribution in [0, 0.1) is 0 Å². The molecular weight excluding hydrogens is 284 g/mol. The molecule has 0 bridgehead atoms. The molecule has 2 atom stereocenters. The molecule has 0 aliphatic carbocycles. The lowest BCUT2D eigenvalue weighted by atomic mass is 10.0. The van der Waals surface area contributed by atoms with Crippen LogP contribution in [0.25, 0.3) is 0 Å². The predicted octanol–water partition coefficient (Wildman–Crippen LogP) is 2.87. The van der Waals surface area contributed by atoms with Crippen LogP contribution in [-0.4, -0.2) is 29.1 Å². The van der Waals surface area contributed by atoms with Crippen molar-refractivity contribution in [1.29, 1.82) is 0 Å². The van der Waals surface area contributed by atoms with E-state index in [1.165, 1.54) is 24.2 Å². The van der Waals surface area contributed by atoms with Crippen LogP contribution in [0.5, 0.6) is 0 Å². The Morgan fingerprint density at radius 3 is 3.12 bits per heavy atom. The number of pyridine rings is 1. The molecule has 0 spiro atoms. The zero-order valence-corrected chi connectivity index (χ0v) is 11.9. The second kappa shape index (κ2) is 6.03. The first kappa shape index (κ1) is 12.4. The average molecular weight is 301 g/mol. The third kappa shape index (κ3) is 3.22. The molecule has 4 heteroatoms. The maximum Gasteiger partial charge on any atom is 0.0410 e. The van der Waals surface area contributed by atoms with Gasteiger partial charge in [0.15, 0.2) is 0 Å². The Morgan fingerprint density at radius 1 is 1.62 bits per heavy atom. The highest BCUT2D eigenvalue weighted by molar-refractivity contribution is 9.10. The van der Waals surface area contributed by atoms with Crippen molar-refractivity contribution in [3.63, 3.8) is 0 Å². The minimum absolute atomic E-state index is 0.573. The maximum absolute atomic E-state index is 4.22. The summed E-state index contributed by atoms with van der Waals surface area (Å²) in [6.07, 6.45) is 7.58. The van der Waals surface area contributed by atoms with E-state index in [1.807, 2.05) is 12.4 Å². The molecule has 1 fully saturated rings. The third-order valence-electron chi connectivity index (χ3n) is 3.00. The highest BCUT2D eigenvalue weighted by atomic mass is 79.9. The van der Waals surface area contributed by atoms with Gasteiger partial charge in [0.1, 0.15) is 0 Å². The van der Waals surface area contributed by atoms with Crippen molar-refractivity contribution in [2.75, 3.05) is 12.8 Å². The first-order valence-corrected chi connectivity index (χ1v) is 7.52. The zero-order valence-electron chi connectivity index (χ0n) is 9.45. The van der Waals surface area contributed by atoms with Gasteiger partial charge in [0.05, 0.1) is 0 Å². The summed E-state index contributed by atoms with van der Waals surface area (Å²) in [5.41, 5.74) is 1.31. The molecule has 1 aromatic rings. The summed E-state index contributed by atoms with van der Waals surface area (Å²) in [7, 11) is 2.06. The molecule has 2 heterocycles. The zero-order chi connectivity index (χ0) is 11.4. The van der Waals surface area contributed by atoms with Gasteiger partial charge in [-0.2, -0.15) is 11.8 Å². The molecule has 1 aliphatic heterocycles. The number of likely N-dealkylation sites (N-methyl/N-ethyl adjacent to an activating group) is 1. The quantitative estimate of drug-likeness (QED) is 0.925. The lowest BCUT2D eigenvalue weighted by Gasteiger charge is -2.22. The smallest absolute Gasteiger partial charge is 0.0410 e. The summed E-state index contributed by atoms with van der Waals surface area (Å²) in [6.45, 7) is 0. The standard InChI is InChI=1S/C12H17BrN2S/c1-14-11(12-3-2-4-16-12)6-9-5-10(13)8-15-7-9/h5,7-8,11-12,14H,2-4,6H2,1H3. The lowest BCUT2D eigenvalue weighted by Crippen LogP contribution is -2.36. The van der Waals surface area contributed by atoms with Gasteiger partial charge >= 0.3 is 0 Å². The third-order valence-corrected chi connectivity index (χ3v) is 4.95. The highest BCUT2D eigenvalue weighted by Crippen LogP contribution is 2.30. The van der Waals surface area contributed by atoms with Crippen LogP contribution in [0.2, 0.25) is 0 Å². The van der Waals surface area contributed by atoms with E-state index in [-0.39, 0.29) is 0 Å². The molecule has 0 radical (unpaired) electrons. The monoisotopic (exact) mass is 300 g/mol. The SMILES string of the molecule is CNC(Cc1cncc(Br)c1)C1CCCS1. The van der Waals surface area contributed by atoms with E-state index in [9.17, 15) is 0 Å². The Balaban J connectivity index is 2.00. The van der Waals surface area contributed by atoms with E-state index < -0.39 is 0 Å². The van der Waals surface area contributed by atoms with E-state index in [0.29, 0.717) is 6.04 Å². The lowest BCUT2D eigenvalue weighted by molar-refractivity contribution is 0.523. The van der Waals surface area contributed by atoms with Gasteiger partial charge in [-0.1, -0.05) is 0 Å². The normalized spacial score (nSPS) is 22.2. The molecule has 1 N–H and O–H groups in total. The number of aromatic nitrogens is 1. The van der Waals surface area contributed by atoms with Crippen molar-refractivity contribution in [2.24, 2.45) is 0 Å². The van der Waals surface area contributed by atoms with Gasteiger partial charge in [0.2, 0.25) is 0 Å². The summed E-state index contributed by atoms with van der Waals surface area (Å²) in [6, 6.07) is 2.74. The molecule has 16 heavy (non-hydrogen) atoms. The van der Waals surface area contributed by atoms with Crippen LogP contribution in [0.3, 0.4) is 0 Å². The summed E-state index contributed by atoms with van der Waals surface area (Å²) in [4.78, 5) is 4.22. The van der Waals surface area contributed by atoms with E-state index in [2.05, 4.69) is 51.1 Å².